The first-order valence-corrected chi connectivity index (χ1v) is 9.05. The van der Waals surface area contributed by atoms with Crippen LogP contribution in [0.4, 0.5) is 9.93 Å². The first-order valence-electron chi connectivity index (χ1n) is 8.24. The van der Waals surface area contributed by atoms with E-state index in [4.69, 9.17) is 10.6 Å². The van der Waals surface area contributed by atoms with Crippen LogP contribution in [0, 0.1) is 0 Å². The molecule has 1 aromatic carbocycles. The van der Waals surface area contributed by atoms with Crippen LogP contribution < -0.4 is 10.8 Å². The minimum absolute atomic E-state index is 0.184. The van der Waals surface area contributed by atoms with Gasteiger partial charge >= 0.3 is 6.16 Å². The molecular weight excluding hydrogens is 358 g/mol. The molecule has 0 bridgehead atoms. The highest BCUT2D eigenvalue weighted by Crippen LogP contribution is 2.29. The van der Waals surface area contributed by atoms with Gasteiger partial charge in [-0.1, -0.05) is 36.3 Å². The lowest BCUT2D eigenvalue weighted by atomic mass is 10.1. The van der Waals surface area contributed by atoms with E-state index < -0.39 is 6.16 Å². The smallest absolute Gasteiger partial charge is 0.436 e. The van der Waals surface area contributed by atoms with Crippen molar-refractivity contribution in [2.75, 3.05) is 12.2 Å². The van der Waals surface area contributed by atoms with Crippen molar-refractivity contribution >= 4 is 44.7 Å². The average Bonchev–Trinajstić information content (AvgIpc) is 3.05. The summed E-state index contributed by atoms with van der Waals surface area (Å²) in [6, 6.07) is 7.39. The van der Waals surface area contributed by atoms with Crippen molar-refractivity contribution < 1.29 is 24.0 Å². The molecular formula is C17H21N3O5S. The number of primary amides is 1. The standard InChI is InChI=1S/C17H21N3O5S/c1-24-17(23)25-20(15(22)11-5-3-2-4-10-14(18)21)16-19-12-8-6-7-9-13(12)26-16/h6-9H,2-5,10-11H2,1H3,(H2,18,21). The Morgan fingerprint density at radius 1 is 1.12 bits per heavy atom. The molecule has 1 heterocycles. The van der Waals surface area contributed by atoms with Crippen molar-refractivity contribution in [2.24, 2.45) is 5.73 Å². The van der Waals surface area contributed by atoms with E-state index in [0.717, 1.165) is 22.6 Å². The second kappa shape index (κ2) is 9.71. The molecule has 8 nitrogen and oxygen atoms in total. The van der Waals surface area contributed by atoms with Gasteiger partial charge < -0.3 is 10.5 Å². The number of para-hydroxylation sites is 1. The summed E-state index contributed by atoms with van der Waals surface area (Å²) in [5, 5.41) is 1.16. The molecule has 26 heavy (non-hydrogen) atoms. The zero-order chi connectivity index (χ0) is 18.9. The van der Waals surface area contributed by atoms with E-state index in [0.29, 0.717) is 24.8 Å². The monoisotopic (exact) mass is 379 g/mol. The summed E-state index contributed by atoms with van der Waals surface area (Å²) in [4.78, 5) is 44.0. The van der Waals surface area contributed by atoms with E-state index in [-0.39, 0.29) is 23.4 Å². The Kier molecular flexibility index (Phi) is 7.34. The fourth-order valence-electron chi connectivity index (χ4n) is 2.29. The summed E-state index contributed by atoms with van der Waals surface area (Å²) in [7, 11) is 1.17. The molecule has 2 aromatic rings. The molecule has 2 N–H and O–H groups in total. The van der Waals surface area contributed by atoms with Gasteiger partial charge in [-0.05, 0) is 25.0 Å². The van der Waals surface area contributed by atoms with Crippen molar-refractivity contribution in [3.05, 3.63) is 24.3 Å². The number of benzene rings is 1. The van der Waals surface area contributed by atoms with E-state index in [2.05, 4.69) is 9.72 Å². The van der Waals surface area contributed by atoms with Crippen LogP contribution in [0.2, 0.25) is 0 Å². The average molecular weight is 379 g/mol. The highest BCUT2D eigenvalue weighted by Gasteiger charge is 2.24. The number of hydrogen-bond donors (Lipinski definition) is 1. The Morgan fingerprint density at radius 2 is 1.81 bits per heavy atom. The number of carbonyl (C=O) groups excluding carboxylic acids is 3. The van der Waals surface area contributed by atoms with Crippen molar-refractivity contribution in [3.8, 4) is 0 Å². The number of thiazole rings is 1. The number of nitrogens with zero attached hydrogens (tertiary/aromatic N) is 2. The maximum absolute atomic E-state index is 12.5. The number of hydroxylamine groups is 1. The summed E-state index contributed by atoms with van der Waals surface area (Å²) in [6.45, 7) is 0. The highest BCUT2D eigenvalue weighted by atomic mass is 32.1. The number of unbranched alkanes of at least 4 members (excludes halogenated alkanes) is 3. The molecule has 2 amide bonds. The molecule has 0 saturated carbocycles. The highest BCUT2D eigenvalue weighted by molar-refractivity contribution is 7.22. The van der Waals surface area contributed by atoms with Crippen LogP contribution in [-0.4, -0.2) is 30.1 Å². The molecule has 140 valence electrons. The first-order chi connectivity index (χ1) is 12.5. The van der Waals surface area contributed by atoms with Crippen LogP contribution in [0.1, 0.15) is 38.5 Å². The van der Waals surface area contributed by atoms with Crippen LogP contribution >= 0.6 is 11.3 Å². The maximum Gasteiger partial charge on any atom is 0.533 e. The molecule has 0 radical (unpaired) electrons. The molecule has 2 rings (SSSR count). The zero-order valence-corrected chi connectivity index (χ0v) is 15.3. The summed E-state index contributed by atoms with van der Waals surface area (Å²) < 4.78 is 5.36. The second-order valence-corrected chi connectivity index (χ2v) is 6.59. The molecule has 0 fully saturated rings. The van der Waals surface area contributed by atoms with Gasteiger partial charge in [0.1, 0.15) is 0 Å². The Hall–Kier alpha value is -2.68. The van der Waals surface area contributed by atoms with Crippen LogP contribution in [0.15, 0.2) is 24.3 Å². The van der Waals surface area contributed by atoms with Gasteiger partial charge in [-0.25, -0.2) is 9.78 Å². The first kappa shape index (κ1) is 19.6. The fraction of sp³-hybridized carbons (Fsp3) is 0.412. The summed E-state index contributed by atoms with van der Waals surface area (Å²) in [5.41, 5.74) is 5.80. The number of aromatic nitrogens is 1. The zero-order valence-electron chi connectivity index (χ0n) is 14.5. The van der Waals surface area contributed by atoms with Crippen LogP contribution in [-0.2, 0) is 19.2 Å². The Bertz CT molecular complexity index is 744. The summed E-state index contributed by atoms with van der Waals surface area (Å²) >= 11 is 1.25. The molecule has 0 aliphatic carbocycles. The minimum Gasteiger partial charge on any atom is -0.436 e. The Labute approximate surface area is 154 Å². The molecule has 0 atom stereocenters. The third-order valence-corrected chi connectivity index (χ3v) is 4.58. The van der Waals surface area contributed by atoms with Crippen molar-refractivity contribution in [1.82, 2.24) is 4.98 Å². The van der Waals surface area contributed by atoms with Crippen molar-refractivity contribution in [3.63, 3.8) is 0 Å². The topological polar surface area (TPSA) is 112 Å². The minimum atomic E-state index is -0.987. The van der Waals surface area contributed by atoms with E-state index in [1.165, 1.54) is 18.4 Å². The van der Waals surface area contributed by atoms with Crippen LogP contribution in [0.3, 0.4) is 0 Å². The largest absolute Gasteiger partial charge is 0.533 e. The molecule has 0 aliphatic rings. The van der Waals surface area contributed by atoms with E-state index in [9.17, 15) is 14.4 Å². The van der Waals surface area contributed by atoms with E-state index in [1.807, 2.05) is 24.3 Å². The summed E-state index contributed by atoms with van der Waals surface area (Å²) in [5.74, 6) is -0.709. The third kappa shape index (κ3) is 5.69. The van der Waals surface area contributed by atoms with Crippen molar-refractivity contribution in [1.29, 1.82) is 0 Å². The van der Waals surface area contributed by atoms with Gasteiger partial charge in [-0.3, -0.25) is 14.4 Å². The van der Waals surface area contributed by atoms with Crippen LogP contribution in [0.25, 0.3) is 10.2 Å². The fourth-order valence-corrected chi connectivity index (χ4v) is 3.21. The maximum atomic E-state index is 12.5. The van der Waals surface area contributed by atoms with Gasteiger partial charge in [0.05, 0.1) is 17.3 Å². The SMILES string of the molecule is COC(=O)ON(C(=O)CCCCCCC(N)=O)c1nc2ccccc2s1. The number of hydrogen-bond acceptors (Lipinski definition) is 7. The molecule has 0 spiro atoms. The van der Waals surface area contributed by atoms with Gasteiger partial charge in [-0.2, -0.15) is 0 Å². The quantitative estimate of drug-likeness (QED) is 0.428. The number of amides is 2. The Balaban J connectivity index is 1.98. The molecule has 0 aliphatic heterocycles. The van der Waals surface area contributed by atoms with Crippen molar-refractivity contribution in [2.45, 2.75) is 38.5 Å². The molecule has 0 unspecified atom stereocenters. The Morgan fingerprint density at radius 3 is 2.46 bits per heavy atom. The number of nitrogens with two attached hydrogens (primary N) is 1. The number of rotatable bonds is 8. The lowest BCUT2D eigenvalue weighted by Gasteiger charge is -2.17. The number of ether oxygens (including phenoxy) is 1. The molecule has 0 saturated heterocycles. The van der Waals surface area contributed by atoms with E-state index >= 15 is 0 Å². The van der Waals surface area contributed by atoms with Gasteiger partial charge in [0.25, 0.3) is 5.91 Å². The molecule has 9 heteroatoms. The predicted octanol–water partition coefficient (Wildman–Crippen LogP) is 3.15. The second-order valence-electron chi connectivity index (χ2n) is 5.58. The summed E-state index contributed by atoms with van der Waals surface area (Å²) in [6.07, 6.45) is 2.41. The number of anilines is 1. The van der Waals surface area contributed by atoms with Gasteiger partial charge in [-0.15, -0.1) is 5.06 Å². The number of methoxy groups -OCH3 is 1. The van der Waals surface area contributed by atoms with Gasteiger partial charge in [0.15, 0.2) is 0 Å². The van der Waals surface area contributed by atoms with Gasteiger partial charge in [0, 0.05) is 12.8 Å². The normalized spacial score (nSPS) is 10.5. The lowest BCUT2D eigenvalue weighted by Crippen LogP contribution is -2.33. The molecule has 1 aromatic heterocycles. The lowest BCUT2D eigenvalue weighted by molar-refractivity contribution is -0.124. The number of fused-ring (bicyclic) bond motifs is 1. The predicted molar refractivity (Wildman–Crippen MR) is 97.5 cm³/mol. The number of carbonyl (C=O) groups is 3. The van der Waals surface area contributed by atoms with Crippen LogP contribution in [0.5, 0.6) is 0 Å². The third-order valence-electron chi connectivity index (χ3n) is 3.58. The van der Waals surface area contributed by atoms with E-state index in [1.54, 1.807) is 0 Å². The van der Waals surface area contributed by atoms with Gasteiger partial charge in [0.2, 0.25) is 11.0 Å².